The van der Waals surface area contributed by atoms with Gasteiger partial charge in [0.05, 0.1) is 11.7 Å². The third kappa shape index (κ3) is 4.57. The smallest absolute Gasteiger partial charge is 0.246 e. The maximum atomic E-state index is 12.4. The van der Waals surface area contributed by atoms with Gasteiger partial charge in [0, 0.05) is 44.0 Å². The van der Waals surface area contributed by atoms with Gasteiger partial charge in [0.1, 0.15) is 0 Å². The van der Waals surface area contributed by atoms with Crippen LogP contribution >= 0.6 is 0 Å². The van der Waals surface area contributed by atoms with E-state index in [0.29, 0.717) is 24.8 Å². The summed E-state index contributed by atoms with van der Waals surface area (Å²) >= 11 is 0. The van der Waals surface area contributed by atoms with Crippen molar-refractivity contribution in [3.8, 4) is 11.4 Å². The predicted octanol–water partition coefficient (Wildman–Crippen LogP) is 3.05. The van der Waals surface area contributed by atoms with Crippen molar-refractivity contribution in [1.82, 2.24) is 24.9 Å². The van der Waals surface area contributed by atoms with Gasteiger partial charge in [-0.15, -0.1) is 0 Å². The molecule has 1 fully saturated rings. The number of benzene rings is 1. The van der Waals surface area contributed by atoms with Gasteiger partial charge in [-0.05, 0) is 25.1 Å². The van der Waals surface area contributed by atoms with Crippen molar-refractivity contribution in [2.45, 2.75) is 13.0 Å². The summed E-state index contributed by atoms with van der Waals surface area (Å²) in [4.78, 5) is 25.3. The van der Waals surface area contributed by atoms with Crippen LogP contribution in [0.2, 0.25) is 0 Å². The topological polar surface area (TPSA) is 75.4 Å². The fourth-order valence-corrected chi connectivity index (χ4v) is 3.33. The second-order valence-corrected chi connectivity index (χ2v) is 6.95. The highest BCUT2D eigenvalue weighted by molar-refractivity contribution is 5.91. The molecule has 0 N–H and O–H groups in total. The summed E-state index contributed by atoms with van der Waals surface area (Å²) in [6, 6.07) is 15.4. The van der Waals surface area contributed by atoms with Gasteiger partial charge >= 0.3 is 0 Å². The molecule has 3 heterocycles. The summed E-state index contributed by atoms with van der Waals surface area (Å²) < 4.78 is 5.49. The molecular weight excluding hydrogens is 366 g/mol. The lowest BCUT2D eigenvalue weighted by Crippen LogP contribution is -2.48. The summed E-state index contributed by atoms with van der Waals surface area (Å²) in [7, 11) is 0. The molecule has 0 radical (unpaired) electrons. The van der Waals surface area contributed by atoms with E-state index in [9.17, 15) is 4.79 Å². The molecule has 1 atom stereocenters. The minimum Gasteiger partial charge on any atom is -0.337 e. The molecule has 1 saturated heterocycles. The molecule has 1 aliphatic heterocycles. The first-order chi connectivity index (χ1) is 14.2. The minimum atomic E-state index is 0.00118. The zero-order valence-corrected chi connectivity index (χ0v) is 16.3. The van der Waals surface area contributed by atoms with Crippen molar-refractivity contribution in [3.63, 3.8) is 0 Å². The van der Waals surface area contributed by atoms with Gasteiger partial charge in [-0.25, -0.2) is 0 Å². The Labute approximate surface area is 169 Å². The molecule has 1 aliphatic rings. The van der Waals surface area contributed by atoms with Crippen LogP contribution < -0.4 is 0 Å². The van der Waals surface area contributed by atoms with Gasteiger partial charge in [0.15, 0.2) is 0 Å². The molecule has 0 aliphatic carbocycles. The lowest BCUT2D eigenvalue weighted by Gasteiger charge is -2.36. The molecule has 148 valence electrons. The minimum absolute atomic E-state index is 0.00118. The average Bonchev–Trinajstić information content (AvgIpc) is 3.29. The fraction of sp³-hybridized carbons (Fsp3) is 0.273. The molecule has 3 aromatic rings. The Hall–Kier alpha value is -3.32. The molecule has 7 nitrogen and oxygen atoms in total. The van der Waals surface area contributed by atoms with Gasteiger partial charge in [-0.1, -0.05) is 41.6 Å². The van der Waals surface area contributed by atoms with E-state index in [-0.39, 0.29) is 11.9 Å². The Morgan fingerprint density at radius 2 is 1.83 bits per heavy atom. The van der Waals surface area contributed by atoms with E-state index in [1.54, 1.807) is 18.3 Å². The largest absolute Gasteiger partial charge is 0.337 e. The number of amides is 1. The van der Waals surface area contributed by atoms with E-state index in [0.717, 1.165) is 24.3 Å². The number of carbonyl (C=O) groups is 1. The van der Waals surface area contributed by atoms with Crippen LogP contribution in [0.1, 0.15) is 24.6 Å². The zero-order valence-electron chi connectivity index (χ0n) is 16.3. The Balaban J connectivity index is 1.33. The van der Waals surface area contributed by atoms with Gasteiger partial charge in [-0.3, -0.25) is 14.7 Å². The molecule has 0 bridgehead atoms. The molecule has 1 amide bonds. The lowest BCUT2D eigenvalue weighted by atomic mass is 10.2. The summed E-state index contributed by atoms with van der Waals surface area (Å²) in [5.74, 6) is 1.20. The van der Waals surface area contributed by atoms with E-state index in [4.69, 9.17) is 4.52 Å². The van der Waals surface area contributed by atoms with Crippen molar-refractivity contribution < 1.29 is 9.32 Å². The summed E-state index contributed by atoms with van der Waals surface area (Å²) in [5, 5.41) is 4.11. The van der Waals surface area contributed by atoms with E-state index >= 15 is 0 Å². The van der Waals surface area contributed by atoms with Crippen LogP contribution in [-0.4, -0.2) is 57.0 Å². The number of pyridine rings is 1. The van der Waals surface area contributed by atoms with Crippen molar-refractivity contribution >= 4 is 12.0 Å². The number of carbonyl (C=O) groups excluding carboxylic acids is 1. The third-order valence-electron chi connectivity index (χ3n) is 5.09. The second-order valence-electron chi connectivity index (χ2n) is 6.95. The predicted molar refractivity (Wildman–Crippen MR) is 110 cm³/mol. The van der Waals surface area contributed by atoms with Crippen molar-refractivity contribution in [2.24, 2.45) is 0 Å². The van der Waals surface area contributed by atoms with Crippen LogP contribution in [0.25, 0.3) is 17.5 Å². The molecule has 1 unspecified atom stereocenters. The maximum absolute atomic E-state index is 12.4. The van der Waals surface area contributed by atoms with Crippen LogP contribution in [0.5, 0.6) is 0 Å². The molecule has 1 aromatic carbocycles. The summed E-state index contributed by atoms with van der Waals surface area (Å²) in [5.41, 5.74) is 1.71. The quantitative estimate of drug-likeness (QED) is 0.625. The van der Waals surface area contributed by atoms with Crippen LogP contribution in [0.3, 0.4) is 0 Å². The average molecular weight is 389 g/mol. The lowest BCUT2D eigenvalue weighted by molar-refractivity contribution is -0.128. The van der Waals surface area contributed by atoms with E-state index in [2.05, 4.69) is 26.9 Å². The number of nitrogens with zero attached hydrogens (tertiary/aromatic N) is 5. The number of piperazine rings is 1. The maximum Gasteiger partial charge on any atom is 0.246 e. The molecule has 4 rings (SSSR count). The van der Waals surface area contributed by atoms with Crippen molar-refractivity contribution in [2.75, 3.05) is 26.2 Å². The van der Waals surface area contributed by atoms with Crippen LogP contribution in [-0.2, 0) is 4.79 Å². The fourth-order valence-electron chi connectivity index (χ4n) is 3.33. The molecule has 2 aromatic heterocycles. The number of aromatic nitrogens is 3. The van der Waals surface area contributed by atoms with Crippen LogP contribution in [0, 0.1) is 0 Å². The van der Waals surface area contributed by atoms with Crippen molar-refractivity contribution in [3.05, 3.63) is 72.4 Å². The van der Waals surface area contributed by atoms with Gasteiger partial charge < -0.3 is 9.42 Å². The zero-order chi connectivity index (χ0) is 20.1. The van der Waals surface area contributed by atoms with Crippen LogP contribution in [0.15, 0.2) is 65.3 Å². The first-order valence-electron chi connectivity index (χ1n) is 9.72. The monoisotopic (exact) mass is 389 g/mol. The highest BCUT2D eigenvalue weighted by atomic mass is 16.5. The van der Waals surface area contributed by atoms with E-state index in [1.165, 1.54) is 0 Å². The third-order valence-corrected chi connectivity index (χ3v) is 5.09. The molecule has 7 heteroatoms. The second kappa shape index (κ2) is 8.79. The summed E-state index contributed by atoms with van der Waals surface area (Å²) in [6.07, 6.45) is 5.05. The van der Waals surface area contributed by atoms with Crippen molar-refractivity contribution in [1.29, 1.82) is 0 Å². The van der Waals surface area contributed by atoms with Gasteiger partial charge in [-0.2, -0.15) is 4.98 Å². The molecule has 0 saturated carbocycles. The highest BCUT2D eigenvalue weighted by Crippen LogP contribution is 2.23. The number of hydrogen-bond donors (Lipinski definition) is 0. The molecular formula is C22H23N5O2. The first kappa shape index (κ1) is 19.0. The first-order valence-corrected chi connectivity index (χ1v) is 9.72. The number of hydrogen-bond acceptors (Lipinski definition) is 6. The Bertz CT molecular complexity index is 963. The Morgan fingerprint density at radius 1 is 1.07 bits per heavy atom. The Morgan fingerprint density at radius 3 is 2.55 bits per heavy atom. The molecule has 29 heavy (non-hydrogen) atoms. The van der Waals surface area contributed by atoms with Gasteiger partial charge in [0.2, 0.25) is 17.6 Å². The van der Waals surface area contributed by atoms with Crippen LogP contribution in [0.4, 0.5) is 0 Å². The van der Waals surface area contributed by atoms with E-state index in [1.807, 2.05) is 53.4 Å². The molecule has 0 spiro atoms. The number of rotatable bonds is 5. The van der Waals surface area contributed by atoms with Gasteiger partial charge in [0.25, 0.3) is 0 Å². The van der Waals surface area contributed by atoms with E-state index < -0.39 is 0 Å². The Kier molecular flexibility index (Phi) is 5.76. The highest BCUT2D eigenvalue weighted by Gasteiger charge is 2.27. The normalized spacial score (nSPS) is 16.2. The SMILES string of the molecule is CC(c1nc(-c2ccccc2)no1)N1CCN(C(=O)C=Cc2ccccn2)CC1. The standard InChI is InChI=1S/C22H23N5O2/c1-17(22-24-21(25-29-22)18-7-3-2-4-8-18)26-13-15-27(16-14-26)20(28)11-10-19-9-5-6-12-23-19/h2-12,17H,13-16H2,1H3. The summed E-state index contributed by atoms with van der Waals surface area (Å²) in [6.45, 7) is 4.90.